The molecule has 0 heterocycles. The summed E-state index contributed by atoms with van der Waals surface area (Å²) in [6.45, 7) is 3.84. The van der Waals surface area contributed by atoms with E-state index in [1.165, 1.54) is 0 Å². The van der Waals surface area contributed by atoms with Gasteiger partial charge in [0, 0.05) is 12.1 Å². The molecule has 0 spiro atoms. The van der Waals surface area contributed by atoms with Crippen molar-refractivity contribution >= 4 is 5.91 Å². The quantitative estimate of drug-likeness (QED) is 0.731. The van der Waals surface area contributed by atoms with Crippen molar-refractivity contribution in [3.05, 3.63) is 0 Å². The second-order valence-corrected chi connectivity index (χ2v) is 4.34. The predicted octanol–water partition coefficient (Wildman–Crippen LogP) is 0.887. The van der Waals surface area contributed by atoms with E-state index in [0.717, 1.165) is 12.8 Å². The number of nitriles is 1. The highest BCUT2D eigenvalue weighted by Gasteiger charge is 2.28. The Morgan fingerprint density at radius 1 is 1.60 bits per heavy atom. The minimum atomic E-state index is -0.158. The van der Waals surface area contributed by atoms with Crippen LogP contribution < -0.4 is 5.32 Å². The molecular formula is C11H19N3O. The molecule has 4 heteroatoms. The molecule has 0 bridgehead atoms. The van der Waals surface area contributed by atoms with E-state index in [-0.39, 0.29) is 18.0 Å². The zero-order valence-electron chi connectivity index (χ0n) is 9.66. The van der Waals surface area contributed by atoms with Gasteiger partial charge in [0.25, 0.3) is 0 Å². The summed E-state index contributed by atoms with van der Waals surface area (Å²) in [5.74, 6) is 0.0739. The molecule has 0 radical (unpaired) electrons. The van der Waals surface area contributed by atoms with Gasteiger partial charge in [-0.15, -0.1) is 0 Å². The molecule has 0 aliphatic heterocycles. The van der Waals surface area contributed by atoms with Crippen molar-refractivity contribution in [3.8, 4) is 6.07 Å². The van der Waals surface area contributed by atoms with Crippen LogP contribution in [-0.4, -0.2) is 36.0 Å². The second-order valence-electron chi connectivity index (χ2n) is 4.34. The molecule has 2 unspecified atom stereocenters. The number of hydrogen-bond donors (Lipinski definition) is 1. The fourth-order valence-electron chi connectivity index (χ4n) is 1.39. The lowest BCUT2D eigenvalue weighted by Gasteiger charge is -2.28. The van der Waals surface area contributed by atoms with Gasteiger partial charge in [-0.3, -0.25) is 9.69 Å². The summed E-state index contributed by atoms with van der Waals surface area (Å²) >= 11 is 0. The van der Waals surface area contributed by atoms with Gasteiger partial charge in [-0.25, -0.2) is 0 Å². The van der Waals surface area contributed by atoms with Crippen LogP contribution in [0.2, 0.25) is 0 Å². The summed E-state index contributed by atoms with van der Waals surface area (Å²) in [6.07, 6.45) is 2.67. The average molecular weight is 209 g/mol. The average Bonchev–Trinajstić information content (AvgIpc) is 2.99. The minimum Gasteiger partial charge on any atom is -0.352 e. The summed E-state index contributed by atoms with van der Waals surface area (Å²) < 4.78 is 0. The van der Waals surface area contributed by atoms with E-state index in [4.69, 9.17) is 5.26 Å². The number of likely N-dealkylation sites (N-methyl/N-ethyl adjacent to an activating group) is 1. The normalized spacial score (nSPS) is 19.4. The van der Waals surface area contributed by atoms with Gasteiger partial charge in [0.2, 0.25) is 5.91 Å². The van der Waals surface area contributed by atoms with Gasteiger partial charge in [0.05, 0.1) is 18.5 Å². The van der Waals surface area contributed by atoms with Gasteiger partial charge in [0.1, 0.15) is 0 Å². The van der Waals surface area contributed by atoms with Crippen LogP contribution in [0.15, 0.2) is 0 Å². The zero-order chi connectivity index (χ0) is 11.4. The topological polar surface area (TPSA) is 56.1 Å². The van der Waals surface area contributed by atoms with Crippen LogP contribution in [-0.2, 0) is 4.79 Å². The number of carbonyl (C=O) groups excluding carboxylic acids is 1. The van der Waals surface area contributed by atoms with Crippen LogP contribution in [0.5, 0.6) is 0 Å². The lowest BCUT2D eigenvalue weighted by Crippen LogP contribution is -2.47. The Bertz CT molecular complexity index is 267. The highest BCUT2D eigenvalue weighted by Crippen LogP contribution is 2.19. The molecule has 1 N–H and O–H groups in total. The minimum absolute atomic E-state index is 0.0739. The summed E-state index contributed by atoms with van der Waals surface area (Å²) in [5, 5.41) is 11.6. The standard InChI is InChI=1S/C11H19N3O/c1-8(6-7-12)14(3)9(2)11(15)13-10-4-5-10/h8-10H,4-6H2,1-3H3,(H,13,15). The third kappa shape index (κ3) is 3.52. The third-order valence-electron chi connectivity index (χ3n) is 3.00. The maximum Gasteiger partial charge on any atom is 0.237 e. The summed E-state index contributed by atoms with van der Waals surface area (Å²) in [4.78, 5) is 13.7. The Kier molecular flexibility index (Phi) is 4.10. The Morgan fingerprint density at radius 3 is 2.67 bits per heavy atom. The second kappa shape index (κ2) is 5.13. The molecule has 0 aromatic heterocycles. The first-order valence-corrected chi connectivity index (χ1v) is 5.45. The van der Waals surface area contributed by atoms with Gasteiger partial charge < -0.3 is 5.32 Å². The van der Waals surface area contributed by atoms with E-state index in [0.29, 0.717) is 12.5 Å². The Morgan fingerprint density at radius 2 is 2.20 bits per heavy atom. The number of carbonyl (C=O) groups is 1. The Hall–Kier alpha value is -1.08. The zero-order valence-corrected chi connectivity index (χ0v) is 9.66. The molecule has 0 aromatic carbocycles. The molecule has 1 aliphatic rings. The summed E-state index contributed by atoms with van der Waals surface area (Å²) in [7, 11) is 1.89. The van der Waals surface area contributed by atoms with Crippen molar-refractivity contribution in [3.63, 3.8) is 0 Å². The van der Waals surface area contributed by atoms with Crippen LogP contribution in [0.4, 0.5) is 0 Å². The van der Waals surface area contributed by atoms with Crippen molar-refractivity contribution in [2.45, 2.75) is 51.2 Å². The van der Waals surface area contributed by atoms with Gasteiger partial charge in [0.15, 0.2) is 0 Å². The summed E-state index contributed by atoms with van der Waals surface area (Å²) in [5.41, 5.74) is 0. The molecule has 15 heavy (non-hydrogen) atoms. The lowest BCUT2D eigenvalue weighted by molar-refractivity contribution is -0.126. The number of rotatable bonds is 5. The van der Waals surface area contributed by atoms with Gasteiger partial charge >= 0.3 is 0 Å². The molecule has 0 aromatic rings. The number of nitrogens with zero attached hydrogens (tertiary/aromatic N) is 2. The van der Waals surface area contributed by atoms with Crippen molar-refractivity contribution in [2.75, 3.05) is 7.05 Å². The number of hydrogen-bond acceptors (Lipinski definition) is 3. The monoisotopic (exact) mass is 209 g/mol. The molecule has 4 nitrogen and oxygen atoms in total. The van der Waals surface area contributed by atoms with Gasteiger partial charge in [-0.1, -0.05) is 0 Å². The van der Waals surface area contributed by atoms with Crippen molar-refractivity contribution in [2.24, 2.45) is 0 Å². The van der Waals surface area contributed by atoms with Crippen molar-refractivity contribution in [1.82, 2.24) is 10.2 Å². The largest absolute Gasteiger partial charge is 0.352 e. The molecule has 2 atom stereocenters. The third-order valence-corrected chi connectivity index (χ3v) is 3.00. The highest BCUT2D eigenvalue weighted by atomic mass is 16.2. The van der Waals surface area contributed by atoms with Crippen LogP contribution >= 0.6 is 0 Å². The lowest BCUT2D eigenvalue weighted by atomic mass is 10.1. The van der Waals surface area contributed by atoms with E-state index in [9.17, 15) is 4.79 Å². The van der Waals surface area contributed by atoms with Crippen molar-refractivity contribution in [1.29, 1.82) is 5.26 Å². The maximum atomic E-state index is 11.7. The Balaban J connectivity index is 2.39. The Labute approximate surface area is 91.2 Å². The first-order valence-electron chi connectivity index (χ1n) is 5.45. The molecule has 1 aliphatic carbocycles. The van der Waals surface area contributed by atoms with Crippen LogP contribution in [0.3, 0.4) is 0 Å². The van der Waals surface area contributed by atoms with Crippen LogP contribution in [0.1, 0.15) is 33.1 Å². The van der Waals surface area contributed by atoms with Crippen molar-refractivity contribution < 1.29 is 4.79 Å². The smallest absolute Gasteiger partial charge is 0.237 e. The fourth-order valence-corrected chi connectivity index (χ4v) is 1.39. The molecule has 1 amide bonds. The van der Waals surface area contributed by atoms with E-state index in [1.54, 1.807) is 0 Å². The first kappa shape index (κ1) is 12.0. The van der Waals surface area contributed by atoms with Crippen LogP contribution in [0, 0.1) is 11.3 Å². The molecular weight excluding hydrogens is 190 g/mol. The predicted molar refractivity (Wildman–Crippen MR) is 58.1 cm³/mol. The SMILES string of the molecule is CC(CC#N)N(C)C(C)C(=O)NC1CC1. The number of nitrogens with one attached hydrogen (secondary N) is 1. The highest BCUT2D eigenvalue weighted by molar-refractivity contribution is 5.81. The molecule has 0 saturated heterocycles. The molecule has 1 rings (SSSR count). The van der Waals surface area contributed by atoms with Gasteiger partial charge in [-0.2, -0.15) is 5.26 Å². The maximum absolute atomic E-state index is 11.7. The molecule has 1 saturated carbocycles. The summed E-state index contributed by atoms with van der Waals surface area (Å²) in [6, 6.07) is 2.49. The van der Waals surface area contributed by atoms with E-state index >= 15 is 0 Å². The van der Waals surface area contributed by atoms with Gasteiger partial charge in [-0.05, 0) is 33.7 Å². The number of amides is 1. The first-order chi connectivity index (χ1) is 7.06. The molecule has 84 valence electrons. The fraction of sp³-hybridized carbons (Fsp3) is 0.818. The van der Waals surface area contributed by atoms with E-state index in [1.807, 2.05) is 25.8 Å². The molecule has 1 fully saturated rings. The van der Waals surface area contributed by atoms with Crippen LogP contribution in [0.25, 0.3) is 0 Å². The van der Waals surface area contributed by atoms with E-state index < -0.39 is 0 Å². The van der Waals surface area contributed by atoms with E-state index in [2.05, 4.69) is 11.4 Å².